The van der Waals surface area contributed by atoms with E-state index in [0.717, 1.165) is 5.56 Å². The molecule has 2 N–H and O–H groups in total. The zero-order valence-corrected chi connectivity index (χ0v) is 16.0. The quantitative estimate of drug-likeness (QED) is 0.369. The Hall–Kier alpha value is -4.33. The highest BCUT2D eigenvalue weighted by atomic mass is 16.6. The van der Waals surface area contributed by atoms with Crippen molar-refractivity contribution in [1.29, 1.82) is 0 Å². The molecule has 8 nitrogen and oxygen atoms in total. The second-order valence-electron chi connectivity index (χ2n) is 6.45. The van der Waals surface area contributed by atoms with Crippen molar-refractivity contribution in [2.24, 2.45) is 5.10 Å². The summed E-state index contributed by atoms with van der Waals surface area (Å²) in [4.78, 5) is 34.8. The van der Waals surface area contributed by atoms with Gasteiger partial charge in [0.05, 0.1) is 11.1 Å². The van der Waals surface area contributed by atoms with E-state index in [0.29, 0.717) is 22.4 Å². The monoisotopic (exact) mass is 402 g/mol. The van der Waals surface area contributed by atoms with Crippen molar-refractivity contribution in [3.05, 3.63) is 105 Å². The van der Waals surface area contributed by atoms with Crippen LogP contribution in [-0.2, 0) is 0 Å². The molecule has 0 spiro atoms. The molecule has 30 heavy (non-hydrogen) atoms. The third kappa shape index (κ3) is 5.35. The van der Waals surface area contributed by atoms with Gasteiger partial charge in [-0.3, -0.25) is 19.7 Å². The number of nitro groups is 1. The molecule has 3 aromatic rings. The van der Waals surface area contributed by atoms with Crippen LogP contribution >= 0.6 is 0 Å². The standard InChI is InChI=1S/C22H18N4O4/c1-15-5-9-17(10-6-15)21(27)24-19-4-2-3-18(13-19)22(28)25-23-14-16-7-11-20(12-8-16)26(29)30/h2-14H,1H3,(H,24,27)(H,25,28). The summed E-state index contributed by atoms with van der Waals surface area (Å²) in [7, 11) is 0. The van der Waals surface area contributed by atoms with E-state index in [9.17, 15) is 19.7 Å². The first-order valence-electron chi connectivity index (χ1n) is 8.98. The fourth-order valence-electron chi connectivity index (χ4n) is 2.56. The van der Waals surface area contributed by atoms with Crippen molar-refractivity contribution in [3.63, 3.8) is 0 Å². The predicted molar refractivity (Wildman–Crippen MR) is 114 cm³/mol. The lowest BCUT2D eigenvalue weighted by Crippen LogP contribution is -2.18. The van der Waals surface area contributed by atoms with E-state index in [2.05, 4.69) is 15.8 Å². The van der Waals surface area contributed by atoms with Crippen LogP contribution in [0.15, 0.2) is 77.9 Å². The van der Waals surface area contributed by atoms with Crippen LogP contribution in [0.25, 0.3) is 0 Å². The van der Waals surface area contributed by atoms with E-state index >= 15 is 0 Å². The summed E-state index contributed by atoms with van der Waals surface area (Å²) in [6.45, 7) is 1.94. The number of aryl methyl sites for hydroxylation is 1. The molecule has 3 rings (SSSR count). The van der Waals surface area contributed by atoms with Crippen LogP contribution in [-0.4, -0.2) is 23.0 Å². The van der Waals surface area contributed by atoms with Crippen LogP contribution in [0, 0.1) is 17.0 Å². The molecule has 0 aromatic heterocycles. The van der Waals surface area contributed by atoms with Gasteiger partial charge in [-0.2, -0.15) is 5.10 Å². The zero-order valence-electron chi connectivity index (χ0n) is 16.0. The van der Waals surface area contributed by atoms with E-state index < -0.39 is 10.8 Å². The summed E-state index contributed by atoms with van der Waals surface area (Å²) >= 11 is 0. The van der Waals surface area contributed by atoms with Crippen LogP contribution < -0.4 is 10.7 Å². The number of carbonyl (C=O) groups excluding carboxylic acids is 2. The molecule has 0 aliphatic heterocycles. The van der Waals surface area contributed by atoms with E-state index in [1.807, 2.05) is 19.1 Å². The Bertz CT molecular complexity index is 1110. The molecule has 0 aliphatic rings. The predicted octanol–water partition coefficient (Wildman–Crippen LogP) is 3.92. The number of hydrogen-bond acceptors (Lipinski definition) is 5. The molecule has 0 saturated carbocycles. The van der Waals surface area contributed by atoms with Crippen LogP contribution in [0.1, 0.15) is 31.8 Å². The topological polar surface area (TPSA) is 114 Å². The minimum atomic E-state index is -0.493. The Balaban J connectivity index is 1.61. The van der Waals surface area contributed by atoms with Gasteiger partial charge in [-0.15, -0.1) is 0 Å². The molecule has 0 saturated heterocycles. The Morgan fingerprint density at radius 1 is 0.933 bits per heavy atom. The molecule has 0 bridgehead atoms. The highest BCUT2D eigenvalue weighted by Crippen LogP contribution is 2.13. The molecular formula is C22H18N4O4. The van der Waals surface area contributed by atoms with Crippen molar-refractivity contribution < 1.29 is 14.5 Å². The van der Waals surface area contributed by atoms with Gasteiger partial charge in [0.15, 0.2) is 0 Å². The molecule has 0 heterocycles. The molecule has 3 aromatic carbocycles. The lowest BCUT2D eigenvalue weighted by Gasteiger charge is -2.07. The van der Waals surface area contributed by atoms with E-state index in [1.165, 1.54) is 30.5 Å². The molecule has 150 valence electrons. The summed E-state index contributed by atoms with van der Waals surface area (Å²) in [6.07, 6.45) is 1.38. The highest BCUT2D eigenvalue weighted by Gasteiger charge is 2.09. The fourth-order valence-corrected chi connectivity index (χ4v) is 2.56. The number of amides is 2. The number of hydrazone groups is 1. The third-order valence-electron chi connectivity index (χ3n) is 4.18. The second kappa shape index (κ2) is 9.24. The van der Waals surface area contributed by atoms with Crippen molar-refractivity contribution in [3.8, 4) is 0 Å². The van der Waals surface area contributed by atoms with Gasteiger partial charge >= 0.3 is 0 Å². The largest absolute Gasteiger partial charge is 0.322 e. The van der Waals surface area contributed by atoms with Gasteiger partial charge in [-0.25, -0.2) is 5.43 Å². The minimum absolute atomic E-state index is 0.0271. The van der Waals surface area contributed by atoms with Crippen LogP contribution in [0.5, 0.6) is 0 Å². The first-order valence-corrected chi connectivity index (χ1v) is 8.98. The van der Waals surface area contributed by atoms with Crippen molar-refractivity contribution in [2.75, 3.05) is 5.32 Å². The van der Waals surface area contributed by atoms with Crippen molar-refractivity contribution in [2.45, 2.75) is 6.92 Å². The molecule has 0 aliphatic carbocycles. The summed E-state index contributed by atoms with van der Waals surface area (Å²) in [5, 5.41) is 17.3. The summed E-state index contributed by atoms with van der Waals surface area (Å²) in [6, 6.07) is 19.4. The normalized spacial score (nSPS) is 10.6. The Morgan fingerprint density at radius 3 is 2.30 bits per heavy atom. The second-order valence-corrected chi connectivity index (χ2v) is 6.45. The Morgan fingerprint density at radius 2 is 1.63 bits per heavy atom. The number of nitro benzene ring substituents is 1. The fraction of sp³-hybridized carbons (Fsp3) is 0.0455. The number of hydrogen-bond donors (Lipinski definition) is 2. The smallest absolute Gasteiger partial charge is 0.271 e. The maximum Gasteiger partial charge on any atom is 0.271 e. The Labute approximate surface area is 172 Å². The van der Waals surface area contributed by atoms with Crippen LogP contribution in [0.2, 0.25) is 0 Å². The SMILES string of the molecule is Cc1ccc(C(=O)Nc2cccc(C(=O)NN=Cc3ccc([N+](=O)[O-])cc3)c2)cc1. The van der Waals surface area contributed by atoms with E-state index in [-0.39, 0.29) is 11.6 Å². The average Bonchev–Trinajstić information content (AvgIpc) is 2.74. The van der Waals surface area contributed by atoms with Gasteiger partial charge in [0.25, 0.3) is 17.5 Å². The van der Waals surface area contributed by atoms with E-state index in [1.54, 1.807) is 36.4 Å². The van der Waals surface area contributed by atoms with Crippen molar-refractivity contribution >= 4 is 29.4 Å². The Kier molecular flexibility index (Phi) is 6.29. The lowest BCUT2D eigenvalue weighted by molar-refractivity contribution is -0.384. The molecule has 0 unspecified atom stereocenters. The van der Waals surface area contributed by atoms with Gasteiger partial charge < -0.3 is 5.32 Å². The molecule has 0 radical (unpaired) electrons. The van der Waals surface area contributed by atoms with Crippen LogP contribution in [0.4, 0.5) is 11.4 Å². The van der Waals surface area contributed by atoms with Gasteiger partial charge in [0.2, 0.25) is 0 Å². The van der Waals surface area contributed by atoms with Gasteiger partial charge in [-0.05, 0) is 55.0 Å². The molecule has 0 fully saturated rings. The van der Waals surface area contributed by atoms with E-state index in [4.69, 9.17) is 0 Å². The number of non-ortho nitro benzene ring substituents is 1. The number of anilines is 1. The number of benzene rings is 3. The summed E-state index contributed by atoms with van der Waals surface area (Å²) in [5.41, 5.74) is 5.33. The van der Waals surface area contributed by atoms with Gasteiger partial charge in [0.1, 0.15) is 0 Å². The maximum atomic E-state index is 12.3. The number of carbonyl (C=O) groups is 2. The summed E-state index contributed by atoms with van der Waals surface area (Å²) < 4.78 is 0. The number of nitrogens with one attached hydrogen (secondary N) is 2. The lowest BCUT2D eigenvalue weighted by atomic mass is 10.1. The van der Waals surface area contributed by atoms with Crippen LogP contribution in [0.3, 0.4) is 0 Å². The highest BCUT2D eigenvalue weighted by molar-refractivity contribution is 6.05. The van der Waals surface area contributed by atoms with Gasteiger partial charge in [0, 0.05) is 28.9 Å². The third-order valence-corrected chi connectivity index (χ3v) is 4.18. The van der Waals surface area contributed by atoms with Crippen molar-refractivity contribution in [1.82, 2.24) is 5.43 Å². The van der Waals surface area contributed by atoms with Gasteiger partial charge in [-0.1, -0.05) is 23.8 Å². The maximum absolute atomic E-state index is 12.3. The number of nitrogens with zero attached hydrogens (tertiary/aromatic N) is 2. The minimum Gasteiger partial charge on any atom is -0.322 e. The average molecular weight is 402 g/mol. The zero-order chi connectivity index (χ0) is 21.5. The summed E-state index contributed by atoms with van der Waals surface area (Å²) in [5.74, 6) is -0.733. The molecule has 8 heteroatoms. The molecule has 0 atom stereocenters. The molecule has 2 amide bonds. The first kappa shape index (κ1) is 20.4. The number of rotatable bonds is 6. The first-order chi connectivity index (χ1) is 14.4. The molecular weight excluding hydrogens is 384 g/mol.